The fourth-order valence-corrected chi connectivity index (χ4v) is 3.10. The Morgan fingerprint density at radius 3 is 2.52 bits per heavy atom. The highest BCUT2D eigenvalue weighted by molar-refractivity contribution is 6.30. The van der Waals surface area contributed by atoms with Crippen LogP contribution in [-0.4, -0.2) is 33.5 Å². The van der Waals surface area contributed by atoms with Gasteiger partial charge in [0.2, 0.25) is 17.6 Å². The topological polar surface area (TPSA) is 59.2 Å². The summed E-state index contributed by atoms with van der Waals surface area (Å²) in [4.78, 5) is 19.1. The molecule has 0 bridgehead atoms. The monoisotopic (exact) mass is 415 g/mol. The molecule has 0 aliphatic rings. The molecule has 0 unspecified atom stereocenters. The molecule has 152 valence electrons. The third-order valence-corrected chi connectivity index (χ3v) is 5.10. The smallest absolute Gasteiger partial charge is 0.228 e. The van der Waals surface area contributed by atoms with Crippen LogP contribution >= 0.6 is 11.6 Å². The molecule has 0 saturated carbocycles. The maximum Gasteiger partial charge on any atom is 0.228 e. The summed E-state index contributed by atoms with van der Waals surface area (Å²) in [6.45, 7) is 4.51. The quantitative estimate of drug-likeness (QED) is 0.522. The largest absolute Gasteiger partial charge is 0.339 e. The summed E-state index contributed by atoms with van der Waals surface area (Å²) >= 11 is 5.91. The first-order valence-corrected chi connectivity index (χ1v) is 9.96. The first kappa shape index (κ1) is 21.0. The number of benzene rings is 2. The fourth-order valence-electron chi connectivity index (χ4n) is 2.98. The van der Waals surface area contributed by atoms with Crippen LogP contribution in [0.5, 0.6) is 0 Å². The maximum atomic E-state index is 13.1. The number of hydrogen-bond acceptors (Lipinski definition) is 4. The van der Waals surface area contributed by atoms with Crippen molar-refractivity contribution in [2.75, 3.05) is 6.54 Å². The van der Waals surface area contributed by atoms with Crippen LogP contribution in [0.25, 0.3) is 11.4 Å². The van der Waals surface area contributed by atoms with Gasteiger partial charge in [0, 0.05) is 29.6 Å². The van der Waals surface area contributed by atoms with Gasteiger partial charge in [0.25, 0.3) is 0 Å². The van der Waals surface area contributed by atoms with Crippen LogP contribution < -0.4 is 0 Å². The molecular weight excluding hydrogens is 393 g/mol. The molecule has 0 spiro atoms. The molecule has 0 aliphatic heterocycles. The molecule has 0 aliphatic carbocycles. The molecule has 0 radical (unpaired) electrons. The zero-order valence-electron chi connectivity index (χ0n) is 16.4. The van der Waals surface area contributed by atoms with Gasteiger partial charge in [-0.2, -0.15) is 4.98 Å². The lowest BCUT2D eigenvalue weighted by Gasteiger charge is -2.28. The van der Waals surface area contributed by atoms with Gasteiger partial charge in [-0.15, -0.1) is 0 Å². The second-order valence-corrected chi connectivity index (χ2v) is 7.35. The zero-order chi connectivity index (χ0) is 20.8. The SMILES string of the molecule is CC[C@@H](C)N(CCc1nc(-c2ccc(Cl)cc2)no1)C(=O)Cc1ccc(F)cc1. The van der Waals surface area contributed by atoms with E-state index in [9.17, 15) is 9.18 Å². The number of carbonyl (C=O) groups excluding carboxylic acids is 1. The summed E-state index contributed by atoms with van der Waals surface area (Å²) in [6.07, 6.45) is 1.51. The lowest BCUT2D eigenvalue weighted by Crippen LogP contribution is -2.40. The zero-order valence-corrected chi connectivity index (χ0v) is 17.2. The Hall–Kier alpha value is -2.73. The Morgan fingerprint density at radius 1 is 1.17 bits per heavy atom. The van der Waals surface area contributed by atoms with Crippen molar-refractivity contribution in [3.05, 3.63) is 70.8 Å². The van der Waals surface area contributed by atoms with Crippen LogP contribution in [0.15, 0.2) is 53.1 Å². The van der Waals surface area contributed by atoms with Gasteiger partial charge in [-0.25, -0.2) is 4.39 Å². The Bertz CT molecular complexity index is 941. The predicted molar refractivity (Wildman–Crippen MR) is 110 cm³/mol. The summed E-state index contributed by atoms with van der Waals surface area (Å²) < 4.78 is 18.4. The molecule has 3 aromatic rings. The number of nitrogens with zero attached hydrogens (tertiary/aromatic N) is 3. The van der Waals surface area contributed by atoms with E-state index in [0.717, 1.165) is 17.5 Å². The molecule has 3 rings (SSSR count). The first-order valence-electron chi connectivity index (χ1n) is 9.58. The van der Waals surface area contributed by atoms with Gasteiger partial charge in [0.1, 0.15) is 5.82 Å². The molecule has 1 aromatic heterocycles. The van der Waals surface area contributed by atoms with Crippen molar-refractivity contribution in [1.82, 2.24) is 15.0 Å². The van der Waals surface area contributed by atoms with E-state index in [-0.39, 0.29) is 24.2 Å². The minimum atomic E-state index is -0.312. The van der Waals surface area contributed by atoms with Crippen LogP contribution in [0.4, 0.5) is 4.39 Å². The van der Waals surface area contributed by atoms with Crippen LogP contribution in [0.2, 0.25) is 5.02 Å². The molecule has 1 amide bonds. The number of amides is 1. The van der Waals surface area contributed by atoms with Crippen LogP contribution in [0.1, 0.15) is 31.7 Å². The van der Waals surface area contributed by atoms with E-state index in [1.54, 1.807) is 24.3 Å². The molecule has 1 heterocycles. The van der Waals surface area contributed by atoms with Gasteiger partial charge >= 0.3 is 0 Å². The predicted octanol–water partition coefficient (Wildman–Crippen LogP) is 4.94. The summed E-state index contributed by atoms with van der Waals surface area (Å²) in [6, 6.07) is 13.3. The van der Waals surface area contributed by atoms with Crippen molar-refractivity contribution in [1.29, 1.82) is 0 Å². The van der Waals surface area contributed by atoms with Crippen molar-refractivity contribution < 1.29 is 13.7 Å². The minimum Gasteiger partial charge on any atom is -0.339 e. The molecule has 0 saturated heterocycles. The molecule has 0 fully saturated rings. The van der Waals surface area contributed by atoms with Gasteiger partial charge in [0.15, 0.2) is 0 Å². The summed E-state index contributed by atoms with van der Waals surface area (Å²) in [5, 5.41) is 4.65. The number of aromatic nitrogens is 2. The molecule has 1 atom stereocenters. The lowest BCUT2D eigenvalue weighted by atomic mass is 10.1. The van der Waals surface area contributed by atoms with Crippen molar-refractivity contribution in [3.63, 3.8) is 0 Å². The van der Waals surface area contributed by atoms with E-state index in [1.165, 1.54) is 12.1 Å². The second-order valence-electron chi connectivity index (χ2n) is 6.92. The van der Waals surface area contributed by atoms with Gasteiger partial charge in [-0.3, -0.25) is 4.79 Å². The van der Waals surface area contributed by atoms with E-state index in [2.05, 4.69) is 10.1 Å². The van der Waals surface area contributed by atoms with Crippen LogP contribution in [-0.2, 0) is 17.6 Å². The van der Waals surface area contributed by atoms with E-state index >= 15 is 0 Å². The maximum absolute atomic E-state index is 13.1. The van der Waals surface area contributed by atoms with E-state index in [1.807, 2.05) is 30.9 Å². The summed E-state index contributed by atoms with van der Waals surface area (Å²) in [5.74, 6) is 0.637. The van der Waals surface area contributed by atoms with E-state index < -0.39 is 0 Å². The third-order valence-electron chi connectivity index (χ3n) is 4.85. The Morgan fingerprint density at radius 2 is 1.86 bits per heavy atom. The molecule has 0 N–H and O–H groups in total. The summed E-state index contributed by atoms with van der Waals surface area (Å²) in [5.41, 5.74) is 1.60. The number of hydrogen-bond donors (Lipinski definition) is 0. The third kappa shape index (κ3) is 5.64. The fraction of sp³-hybridized carbons (Fsp3) is 0.318. The Balaban J connectivity index is 1.65. The second kappa shape index (κ2) is 9.65. The van der Waals surface area contributed by atoms with Gasteiger partial charge < -0.3 is 9.42 Å². The molecule has 2 aromatic carbocycles. The minimum absolute atomic E-state index is 0.0107. The first-order chi connectivity index (χ1) is 14.0. The van der Waals surface area contributed by atoms with Crippen molar-refractivity contribution in [3.8, 4) is 11.4 Å². The van der Waals surface area contributed by atoms with Crippen LogP contribution in [0.3, 0.4) is 0 Å². The number of halogens is 2. The highest BCUT2D eigenvalue weighted by Gasteiger charge is 2.20. The number of rotatable bonds is 8. The van der Waals surface area contributed by atoms with Crippen LogP contribution in [0, 0.1) is 5.82 Å². The van der Waals surface area contributed by atoms with Crippen molar-refractivity contribution >= 4 is 17.5 Å². The standard InChI is InChI=1S/C22H23ClFN3O2/c1-3-15(2)27(21(28)14-16-4-10-19(24)11-5-16)13-12-20-25-22(26-29-20)17-6-8-18(23)9-7-17/h4-11,15H,3,12-14H2,1-2H3/t15-/m1/s1. The molecule has 29 heavy (non-hydrogen) atoms. The molecular formula is C22H23ClFN3O2. The summed E-state index contributed by atoms with van der Waals surface area (Å²) in [7, 11) is 0. The molecule has 7 heteroatoms. The van der Waals surface area contributed by atoms with Crippen molar-refractivity contribution in [2.45, 2.75) is 39.2 Å². The van der Waals surface area contributed by atoms with Gasteiger partial charge in [0.05, 0.1) is 6.42 Å². The van der Waals surface area contributed by atoms with Gasteiger partial charge in [-0.1, -0.05) is 35.8 Å². The normalized spacial score (nSPS) is 12.0. The average Bonchev–Trinajstić information content (AvgIpc) is 3.19. The van der Waals surface area contributed by atoms with E-state index in [4.69, 9.17) is 16.1 Å². The number of carbonyl (C=O) groups is 1. The Kier molecular flexibility index (Phi) is 6.99. The highest BCUT2D eigenvalue weighted by atomic mass is 35.5. The average molecular weight is 416 g/mol. The van der Waals surface area contributed by atoms with Gasteiger partial charge in [-0.05, 0) is 55.3 Å². The highest BCUT2D eigenvalue weighted by Crippen LogP contribution is 2.19. The van der Waals surface area contributed by atoms with Crippen molar-refractivity contribution in [2.24, 2.45) is 0 Å². The molecule has 5 nitrogen and oxygen atoms in total. The van der Waals surface area contributed by atoms with E-state index in [0.29, 0.717) is 29.7 Å². The lowest BCUT2D eigenvalue weighted by molar-refractivity contribution is -0.132. The Labute approximate surface area is 174 Å².